The monoisotopic (exact) mass is 1420 g/mol. The van der Waals surface area contributed by atoms with Gasteiger partial charge in [0, 0.05) is 93.3 Å². The number of hydrogen-bond acceptors (Lipinski definition) is 12. The van der Waals surface area contributed by atoms with Crippen LogP contribution in [0.2, 0.25) is 5.02 Å². The van der Waals surface area contributed by atoms with Gasteiger partial charge >= 0.3 is 6.18 Å². The summed E-state index contributed by atoms with van der Waals surface area (Å²) in [6.45, 7) is 10.5. The molecule has 11 amide bonds. The Morgan fingerprint density at radius 1 is 0.646 bits per heavy atom. The smallest absolute Gasteiger partial charge is 0.351 e. The van der Waals surface area contributed by atoms with Crippen molar-refractivity contribution in [2.24, 2.45) is 23.7 Å². The molecule has 1 aromatic carbocycles. The minimum atomic E-state index is -4.76. The molecule has 23 nitrogen and oxygen atoms in total. The Balaban J connectivity index is 1.39. The lowest BCUT2D eigenvalue weighted by atomic mass is 9.84. The molecule has 2 aliphatic carbocycles. The molecule has 1 aromatic rings. The van der Waals surface area contributed by atoms with Crippen molar-refractivity contribution in [1.29, 1.82) is 0 Å². The van der Waals surface area contributed by atoms with Gasteiger partial charge in [0.15, 0.2) is 0 Å². The van der Waals surface area contributed by atoms with Gasteiger partial charge in [0.1, 0.15) is 41.8 Å². The fraction of sp³-hybridized carbons (Fsp3) is 0.757. The van der Waals surface area contributed by atoms with Crippen molar-refractivity contribution in [2.75, 3.05) is 87.6 Å². The number of hydrogen-bond donors (Lipinski definition) is 4. The van der Waals surface area contributed by atoms with E-state index in [4.69, 9.17) is 11.6 Å². The van der Waals surface area contributed by atoms with Crippen molar-refractivity contribution in [2.45, 2.75) is 230 Å². The highest BCUT2D eigenvalue weighted by Gasteiger charge is 2.50. The van der Waals surface area contributed by atoms with Gasteiger partial charge in [-0.3, -0.25) is 52.7 Å². The number of nitrogens with zero attached hydrogens (tertiary/aromatic N) is 8. The predicted octanol–water partition coefficient (Wildman–Crippen LogP) is 6.27. The number of nitrogens with one attached hydrogen (secondary N) is 4. The van der Waals surface area contributed by atoms with Crippen LogP contribution in [-0.2, 0) is 65.3 Å². The number of rotatable bonds is 13. The summed E-state index contributed by atoms with van der Waals surface area (Å²) >= 11 is 6.13. The Morgan fingerprint density at radius 3 is 1.88 bits per heavy atom. The van der Waals surface area contributed by atoms with Crippen LogP contribution in [0.15, 0.2) is 18.2 Å². The zero-order valence-corrected chi connectivity index (χ0v) is 60.8. The fourth-order valence-corrected chi connectivity index (χ4v) is 14.8. The second-order valence-corrected chi connectivity index (χ2v) is 29.7. The fourth-order valence-electron chi connectivity index (χ4n) is 14.5. The molecule has 6 rings (SSSR count). The predicted molar refractivity (Wildman–Crippen MR) is 362 cm³/mol. The number of piperidine rings is 1. The number of aryl methyl sites for hydroxylation is 1. The van der Waals surface area contributed by atoms with Gasteiger partial charge < -0.3 is 60.5 Å². The molecule has 3 aliphatic heterocycles. The molecule has 4 N–H and O–H groups in total. The van der Waals surface area contributed by atoms with Crippen molar-refractivity contribution in [1.82, 2.24) is 60.5 Å². The first-order valence-electron chi connectivity index (χ1n) is 35.4. The number of carbonyl (C=O) groups excluding carboxylic acids is 11. The number of benzene rings is 1. The minimum Gasteiger partial charge on any atom is -0.351 e. The number of fused-ring (bicyclic) bond motifs is 1. The summed E-state index contributed by atoms with van der Waals surface area (Å²) in [5.41, 5.74) is -2.31. The molecule has 1 unspecified atom stereocenters. The maximum Gasteiger partial charge on any atom is 0.417 e. The number of likely N-dealkylation sites (tertiary alicyclic amines) is 1. The molecule has 0 aromatic heterocycles. The quantitative estimate of drug-likeness (QED) is 0.160. The lowest BCUT2D eigenvalue weighted by molar-refractivity contribution is -0.150. The third-order valence-corrected chi connectivity index (χ3v) is 21.1. The molecule has 8 atom stereocenters. The van der Waals surface area contributed by atoms with Crippen LogP contribution >= 0.6 is 11.6 Å². The molecular formula is C70H108ClF5N12O11. The molecule has 1 spiro atoms. The first kappa shape index (κ1) is 81.3. The van der Waals surface area contributed by atoms with E-state index in [9.17, 15) is 60.3 Å². The van der Waals surface area contributed by atoms with Crippen LogP contribution in [0, 0.1) is 23.7 Å². The van der Waals surface area contributed by atoms with Crippen LogP contribution in [0.5, 0.6) is 0 Å². The summed E-state index contributed by atoms with van der Waals surface area (Å²) in [5.74, 6) is -11.4. The first-order chi connectivity index (χ1) is 46.4. The van der Waals surface area contributed by atoms with Gasteiger partial charge in [-0.1, -0.05) is 111 Å². The molecule has 5 fully saturated rings. The van der Waals surface area contributed by atoms with Crippen LogP contribution in [-0.4, -0.2) is 246 Å². The van der Waals surface area contributed by atoms with Gasteiger partial charge in [-0.2, -0.15) is 13.2 Å². The van der Waals surface area contributed by atoms with Crippen LogP contribution < -0.4 is 21.3 Å². The van der Waals surface area contributed by atoms with E-state index in [1.165, 1.54) is 65.8 Å². The normalized spacial score (nSPS) is 26.7. The average molecular weight is 1420 g/mol. The Kier molecular flexibility index (Phi) is 29.3. The molecule has 2 saturated carbocycles. The first-order valence-corrected chi connectivity index (χ1v) is 35.8. The van der Waals surface area contributed by atoms with Crippen molar-refractivity contribution in [3.63, 3.8) is 0 Å². The molecule has 99 heavy (non-hydrogen) atoms. The molecule has 0 bridgehead atoms. The second kappa shape index (κ2) is 35.7. The summed E-state index contributed by atoms with van der Waals surface area (Å²) in [6, 6.07) is -5.05. The largest absolute Gasteiger partial charge is 0.417 e. The average Bonchev–Trinajstić information content (AvgIpc) is 1.71. The van der Waals surface area contributed by atoms with Gasteiger partial charge in [-0.25, -0.2) is 8.78 Å². The zero-order valence-electron chi connectivity index (χ0n) is 60.0. The highest BCUT2D eigenvalue weighted by atomic mass is 35.5. The van der Waals surface area contributed by atoms with E-state index in [2.05, 4.69) is 21.3 Å². The Bertz CT molecular complexity index is 3030. The van der Waals surface area contributed by atoms with Gasteiger partial charge in [0.25, 0.3) is 5.92 Å². The summed E-state index contributed by atoms with van der Waals surface area (Å²) in [6.07, 6.45) is 0.613. The van der Waals surface area contributed by atoms with Gasteiger partial charge in [-0.15, -0.1) is 0 Å². The standard InChI is InChI=1S/C70H108ClF5N12O11/c1-13-45(6)59-66(98)87(35-34-86-32-29-69(72,73)30-33-86)42-57(91)81(8)41-58(92)84(11)54(39-47-20-15-14-16-21-47)65(97)82(9)40-55(89)78-51(26-24-48-23-25-49(50(71)38-48)70(74,75)76)64(96)88-31-19-22-52(88)62(94)80-68(27-17-18-28-68)67(99)85(12)60(44(4)5)63(95)77-46(7)37-56(90)83(10)53(36-43(2)3)61(93)79-59/h23,25,38,43-47,51-54,59-60H,13-22,24,26-37,39-42H2,1-12H3,(H,77,95)(H,78,89)(H,79,93)(H,80,94)/t45-,46+,51-,52?,53-,54-,59-,60-/m0/s1. The number of carbonyl (C=O) groups is 11. The summed E-state index contributed by atoms with van der Waals surface area (Å²) in [5, 5.41) is 11.0. The van der Waals surface area contributed by atoms with Crippen molar-refractivity contribution in [3.05, 3.63) is 34.3 Å². The maximum atomic E-state index is 15.2. The lowest BCUT2D eigenvalue weighted by Gasteiger charge is -2.39. The zero-order chi connectivity index (χ0) is 73.6. The van der Waals surface area contributed by atoms with Crippen LogP contribution in [0.4, 0.5) is 22.0 Å². The van der Waals surface area contributed by atoms with Crippen molar-refractivity contribution < 1.29 is 74.7 Å². The molecular weight excluding hydrogens is 1320 g/mol. The Labute approximate surface area is 585 Å². The summed E-state index contributed by atoms with van der Waals surface area (Å²) in [7, 11) is 7.03. The molecule has 3 saturated heterocycles. The number of halogens is 6. The van der Waals surface area contributed by atoms with E-state index in [1.807, 2.05) is 20.8 Å². The van der Waals surface area contributed by atoms with E-state index in [0.29, 0.717) is 31.2 Å². The summed E-state index contributed by atoms with van der Waals surface area (Å²) in [4.78, 5) is 173. The Morgan fingerprint density at radius 2 is 1.28 bits per heavy atom. The number of alkyl halides is 5. The third-order valence-electron chi connectivity index (χ3n) is 20.8. The molecule has 29 heteroatoms. The third kappa shape index (κ3) is 21.9. The highest BCUT2D eigenvalue weighted by Crippen LogP contribution is 2.37. The van der Waals surface area contributed by atoms with Gasteiger partial charge in [0.05, 0.1) is 30.2 Å². The molecule has 556 valence electrons. The molecule has 3 heterocycles. The van der Waals surface area contributed by atoms with E-state index in [0.717, 1.165) is 54.0 Å². The van der Waals surface area contributed by atoms with Crippen molar-refractivity contribution >= 4 is 76.6 Å². The maximum absolute atomic E-state index is 15.2. The van der Waals surface area contributed by atoms with Crippen LogP contribution in [0.1, 0.15) is 175 Å². The number of likely N-dealkylation sites (N-methyl/N-ethyl adjacent to an activating group) is 5. The highest BCUT2D eigenvalue weighted by molar-refractivity contribution is 6.31. The van der Waals surface area contributed by atoms with Gasteiger partial charge in [0.2, 0.25) is 65.0 Å². The molecule has 5 aliphatic rings. The van der Waals surface area contributed by atoms with E-state index >= 15 is 14.4 Å². The van der Waals surface area contributed by atoms with Crippen LogP contribution in [0.25, 0.3) is 0 Å². The van der Waals surface area contributed by atoms with E-state index in [-0.39, 0.29) is 95.9 Å². The second-order valence-electron chi connectivity index (χ2n) is 29.3. The lowest BCUT2D eigenvalue weighted by Crippen LogP contribution is -2.64. The van der Waals surface area contributed by atoms with E-state index in [1.54, 1.807) is 32.6 Å². The topological polar surface area (TPSA) is 262 Å². The van der Waals surface area contributed by atoms with Crippen LogP contribution in [0.3, 0.4) is 0 Å². The van der Waals surface area contributed by atoms with Gasteiger partial charge in [-0.05, 0) is 99.7 Å². The minimum absolute atomic E-state index is 0.00991. The number of amides is 11. The molecule has 0 radical (unpaired) electrons. The summed E-state index contributed by atoms with van der Waals surface area (Å²) < 4.78 is 70.3. The van der Waals surface area contributed by atoms with E-state index < -0.39 is 180 Å². The Hall–Kier alpha value is -6.71. The SMILES string of the molecule is CC[C@H](C)[C@@H]1NC(=O)[C@H](CC(C)C)N(C)C(=O)C[C@@H](C)NC(=O)[C@H](C(C)C)N(C)C(=O)C2(CCCC2)NC(=O)C2CCCN2C(=O)[C@H](CCc2ccc(C(F)(F)F)c(Cl)c2)NC(=O)CN(C)C(=O)[C@H](CC2CCCCC2)N(C)C(=O)CN(C)C(=O)CN(CCN2CCC(F)(F)CC2)C1=O. The van der Waals surface area contributed by atoms with Crippen molar-refractivity contribution in [3.8, 4) is 0 Å².